The number of aromatic hydroxyl groups is 1. The van der Waals surface area contributed by atoms with Gasteiger partial charge in [0.15, 0.2) is 0 Å². The molecular formula is C18H16FN3O2. The molecule has 2 aromatic heterocycles. The number of imidazole rings is 1. The third-order valence-electron chi connectivity index (χ3n) is 4.56. The van der Waals surface area contributed by atoms with Gasteiger partial charge in [-0.15, -0.1) is 0 Å². The lowest BCUT2D eigenvalue weighted by Crippen LogP contribution is -2.15. The number of aromatic nitrogens is 3. The van der Waals surface area contributed by atoms with Gasteiger partial charge in [0.2, 0.25) is 5.88 Å². The van der Waals surface area contributed by atoms with Crippen molar-refractivity contribution in [1.82, 2.24) is 14.5 Å². The lowest BCUT2D eigenvalue weighted by atomic mass is 10.0. The third-order valence-corrected chi connectivity index (χ3v) is 4.56. The molecule has 2 N–H and O–H groups in total. The Hall–Kier alpha value is -2.89. The Balaban J connectivity index is 1.58. The van der Waals surface area contributed by atoms with E-state index < -0.39 is 0 Å². The van der Waals surface area contributed by atoms with Crippen molar-refractivity contribution >= 4 is 0 Å². The molecule has 0 bridgehead atoms. The van der Waals surface area contributed by atoms with Crippen molar-refractivity contribution in [3.05, 3.63) is 70.2 Å². The zero-order valence-corrected chi connectivity index (χ0v) is 13.0. The average Bonchev–Trinajstić information content (AvgIpc) is 3.26. The molecule has 3 aromatic rings. The number of aryl methyl sites for hydroxylation is 1. The summed E-state index contributed by atoms with van der Waals surface area (Å²) in [4.78, 5) is 18.7. The summed E-state index contributed by atoms with van der Waals surface area (Å²) in [5.74, 6) is -0.135. The van der Waals surface area contributed by atoms with Crippen LogP contribution in [0.5, 0.6) is 5.88 Å². The predicted octanol–water partition coefficient (Wildman–Crippen LogP) is 3.12. The number of hydrogen-bond acceptors (Lipinski definition) is 3. The summed E-state index contributed by atoms with van der Waals surface area (Å²) in [5, 5.41) is 9.74. The zero-order chi connectivity index (χ0) is 16.8. The molecule has 1 aliphatic rings. The first-order chi connectivity index (χ1) is 11.5. The van der Waals surface area contributed by atoms with Crippen LogP contribution in [-0.2, 0) is 0 Å². The highest BCUT2D eigenvalue weighted by atomic mass is 19.1. The summed E-state index contributed by atoms with van der Waals surface area (Å²) in [6.07, 6.45) is 3.88. The fourth-order valence-corrected chi connectivity index (χ4v) is 3.21. The van der Waals surface area contributed by atoms with Crippen molar-refractivity contribution in [3.8, 4) is 17.1 Å². The van der Waals surface area contributed by atoms with Crippen LogP contribution in [0.3, 0.4) is 0 Å². The van der Waals surface area contributed by atoms with Gasteiger partial charge in [-0.2, -0.15) is 0 Å². The second-order valence-electron chi connectivity index (χ2n) is 6.17. The van der Waals surface area contributed by atoms with Crippen molar-refractivity contribution in [2.24, 2.45) is 0 Å². The first-order valence-corrected chi connectivity index (χ1v) is 7.76. The van der Waals surface area contributed by atoms with Gasteiger partial charge in [0.05, 0.1) is 11.9 Å². The van der Waals surface area contributed by atoms with Crippen molar-refractivity contribution in [3.63, 3.8) is 0 Å². The van der Waals surface area contributed by atoms with Crippen LogP contribution >= 0.6 is 0 Å². The van der Waals surface area contributed by atoms with Gasteiger partial charge in [-0.25, -0.2) is 9.18 Å². The van der Waals surface area contributed by atoms with Crippen molar-refractivity contribution in [2.45, 2.75) is 25.3 Å². The first kappa shape index (κ1) is 14.7. The summed E-state index contributed by atoms with van der Waals surface area (Å²) < 4.78 is 14.6. The number of benzene rings is 1. The van der Waals surface area contributed by atoms with E-state index in [1.54, 1.807) is 12.3 Å². The standard InChI is InChI=1S/C18H16FN3O2/c1-10-6-12(19)3-4-13(10)15-5-2-11(8-20-15)14-7-16(14)22-17(23)9-21-18(22)24/h2-6,8-9,14,16,23H,7H2,1H3,(H,21,24). The SMILES string of the molecule is Cc1cc(F)ccc1-c1ccc(C2CC2n2c(O)c[nH]c2=O)cn1. The number of pyridine rings is 1. The highest BCUT2D eigenvalue weighted by molar-refractivity contribution is 5.63. The Kier molecular flexibility index (Phi) is 3.26. The molecule has 1 aromatic carbocycles. The lowest BCUT2D eigenvalue weighted by Gasteiger charge is -2.07. The molecule has 6 heteroatoms. The zero-order valence-electron chi connectivity index (χ0n) is 13.0. The number of nitrogens with one attached hydrogen (secondary N) is 1. The van der Waals surface area contributed by atoms with Crippen LogP contribution in [0.2, 0.25) is 0 Å². The molecule has 5 nitrogen and oxygen atoms in total. The Labute approximate surface area is 137 Å². The van der Waals surface area contributed by atoms with Crippen molar-refractivity contribution in [2.75, 3.05) is 0 Å². The monoisotopic (exact) mass is 325 g/mol. The van der Waals surface area contributed by atoms with Crippen LogP contribution < -0.4 is 5.69 Å². The number of nitrogens with zero attached hydrogens (tertiary/aromatic N) is 2. The highest BCUT2D eigenvalue weighted by Gasteiger charge is 2.42. The fourth-order valence-electron chi connectivity index (χ4n) is 3.21. The number of halogens is 1. The summed E-state index contributed by atoms with van der Waals surface area (Å²) in [5.41, 5.74) is 3.25. The van der Waals surface area contributed by atoms with E-state index in [9.17, 15) is 14.3 Å². The molecule has 0 radical (unpaired) electrons. The number of rotatable bonds is 3. The van der Waals surface area contributed by atoms with Crippen molar-refractivity contribution < 1.29 is 9.50 Å². The van der Waals surface area contributed by atoms with Gasteiger partial charge < -0.3 is 10.1 Å². The quantitative estimate of drug-likeness (QED) is 0.777. The van der Waals surface area contributed by atoms with Gasteiger partial charge in [0.25, 0.3) is 0 Å². The largest absolute Gasteiger partial charge is 0.493 e. The fraction of sp³-hybridized carbons (Fsp3) is 0.222. The minimum atomic E-state index is -0.300. The summed E-state index contributed by atoms with van der Waals surface area (Å²) in [6.45, 7) is 1.85. The number of aromatic amines is 1. The summed E-state index contributed by atoms with van der Waals surface area (Å²) >= 11 is 0. The maximum absolute atomic E-state index is 13.2. The van der Waals surface area contributed by atoms with Crippen LogP contribution in [0.4, 0.5) is 4.39 Å². The third kappa shape index (κ3) is 2.40. The van der Waals surface area contributed by atoms with Gasteiger partial charge in [-0.3, -0.25) is 9.55 Å². The van der Waals surface area contributed by atoms with Gasteiger partial charge in [0, 0.05) is 23.7 Å². The normalized spacial score (nSPS) is 19.4. The minimum Gasteiger partial charge on any atom is -0.493 e. The molecule has 0 spiro atoms. The average molecular weight is 325 g/mol. The van der Waals surface area contributed by atoms with E-state index in [0.29, 0.717) is 0 Å². The molecule has 2 heterocycles. The van der Waals surface area contributed by atoms with Crippen LogP contribution in [-0.4, -0.2) is 19.6 Å². The Morgan fingerprint density at radius 3 is 2.79 bits per heavy atom. The maximum atomic E-state index is 13.2. The Morgan fingerprint density at radius 2 is 2.17 bits per heavy atom. The molecule has 4 rings (SSSR count). The first-order valence-electron chi connectivity index (χ1n) is 7.76. The van der Waals surface area contributed by atoms with E-state index in [0.717, 1.165) is 28.8 Å². The highest BCUT2D eigenvalue weighted by Crippen LogP contribution is 2.51. The van der Waals surface area contributed by atoms with Gasteiger partial charge >= 0.3 is 5.69 Å². The maximum Gasteiger partial charge on any atom is 0.328 e. The molecule has 1 saturated carbocycles. The predicted molar refractivity (Wildman–Crippen MR) is 87.5 cm³/mol. The number of hydrogen-bond donors (Lipinski definition) is 2. The Morgan fingerprint density at radius 1 is 1.33 bits per heavy atom. The van der Waals surface area contributed by atoms with Crippen LogP contribution in [0, 0.1) is 12.7 Å². The van der Waals surface area contributed by atoms with E-state index in [-0.39, 0.29) is 29.3 Å². The molecule has 122 valence electrons. The number of H-pyrrole nitrogens is 1. The minimum absolute atomic E-state index is 0.0380. The van der Waals surface area contributed by atoms with Crippen LogP contribution in [0.15, 0.2) is 47.5 Å². The molecule has 2 atom stereocenters. The van der Waals surface area contributed by atoms with E-state index in [2.05, 4.69) is 9.97 Å². The molecule has 24 heavy (non-hydrogen) atoms. The molecular weight excluding hydrogens is 309 g/mol. The van der Waals surface area contributed by atoms with Crippen LogP contribution in [0.1, 0.15) is 29.5 Å². The van der Waals surface area contributed by atoms with Gasteiger partial charge in [-0.05, 0) is 48.7 Å². The molecule has 0 aliphatic heterocycles. The smallest absolute Gasteiger partial charge is 0.328 e. The van der Waals surface area contributed by atoms with E-state index in [4.69, 9.17) is 0 Å². The summed E-state index contributed by atoms with van der Waals surface area (Å²) in [6, 6.07) is 8.49. The van der Waals surface area contributed by atoms with E-state index >= 15 is 0 Å². The van der Waals surface area contributed by atoms with E-state index in [1.165, 1.54) is 22.9 Å². The molecule has 0 amide bonds. The molecule has 2 unspecified atom stereocenters. The molecule has 1 aliphatic carbocycles. The molecule has 1 fully saturated rings. The van der Waals surface area contributed by atoms with Crippen molar-refractivity contribution in [1.29, 1.82) is 0 Å². The van der Waals surface area contributed by atoms with Gasteiger partial charge in [-0.1, -0.05) is 6.07 Å². The van der Waals surface area contributed by atoms with Gasteiger partial charge in [0.1, 0.15) is 5.82 Å². The van der Waals surface area contributed by atoms with Crippen LogP contribution in [0.25, 0.3) is 11.3 Å². The van der Waals surface area contributed by atoms with E-state index in [1.807, 2.05) is 19.1 Å². The second-order valence-corrected chi connectivity index (χ2v) is 6.17. The second kappa shape index (κ2) is 5.33. The Bertz CT molecular complexity index is 959. The molecule has 0 saturated heterocycles. The lowest BCUT2D eigenvalue weighted by molar-refractivity contribution is 0.413. The topological polar surface area (TPSA) is 70.9 Å². The summed E-state index contributed by atoms with van der Waals surface area (Å²) in [7, 11) is 0.